The van der Waals surface area contributed by atoms with Crippen LogP contribution in [0.1, 0.15) is 34.7 Å². The molecule has 3 rings (SSSR count). The second kappa shape index (κ2) is 5.91. The van der Waals surface area contributed by atoms with Gasteiger partial charge in [0.05, 0.1) is 10.6 Å². The van der Waals surface area contributed by atoms with Crippen LogP contribution in [0.3, 0.4) is 0 Å². The van der Waals surface area contributed by atoms with Gasteiger partial charge in [0.25, 0.3) is 0 Å². The lowest BCUT2D eigenvalue weighted by atomic mass is 10.0. The van der Waals surface area contributed by atoms with Gasteiger partial charge in [0.1, 0.15) is 0 Å². The number of nitrogens with one attached hydrogen (secondary N) is 1. The molecule has 1 unspecified atom stereocenters. The number of fused-ring (bicyclic) bond motifs is 1. The van der Waals surface area contributed by atoms with Gasteiger partial charge in [0, 0.05) is 22.3 Å². The largest absolute Gasteiger partial charge is 0.305 e. The molecule has 1 atom stereocenters. The Morgan fingerprint density at radius 1 is 1.19 bits per heavy atom. The number of benzene rings is 1. The van der Waals surface area contributed by atoms with Crippen LogP contribution >= 0.6 is 11.3 Å². The lowest BCUT2D eigenvalue weighted by Crippen LogP contribution is -2.29. The highest BCUT2D eigenvalue weighted by atomic mass is 32.2. The Kier molecular flexibility index (Phi) is 4.15. The van der Waals surface area contributed by atoms with Crippen LogP contribution in [0.5, 0.6) is 0 Å². The minimum absolute atomic E-state index is 0.122. The maximum absolute atomic E-state index is 12.1. The van der Waals surface area contributed by atoms with E-state index in [1.807, 2.05) is 23.5 Å². The molecular formula is C16H19NO2S2. The van der Waals surface area contributed by atoms with Crippen molar-refractivity contribution in [1.29, 1.82) is 0 Å². The van der Waals surface area contributed by atoms with Crippen molar-refractivity contribution >= 4 is 21.2 Å². The minimum Gasteiger partial charge on any atom is -0.305 e. The van der Waals surface area contributed by atoms with Crippen LogP contribution in [0.25, 0.3) is 0 Å². The molecule has 2 aromatic rings. The molecule has 0 saturated heterocycles. The van der Waals surface area contributed by atoms with Gasteiger partial charge in [-0.25, -0.2) is 8.42 Å². The van der Waals surface area contributed by atoms with Crippen molar-refractivity contribution in [1.82, 2.24) is 5.32 Å². The summed E-state index contributed by atoms with van der Waals surface area (Å²) in [7, 11) is -3.10. The fraction of sp³-hybridized carbons (Fsp3) is 0.375. The first-order valence-corrected chi connectivity index (χ1v) is 9.69. The van der Waals surface area contributed by atoms with E-state index in [1.54, 1.807) is 12.1 Å². The average Bonchev–Trinajstić information content (AvgIpc) is 2.95. The maximum Gasteiger partial charge on any atom is 0.178 e. The molecule has 0 bridgehead atoms. The number of rotatable bonds is 4. The van der Waals surface area contributed by atoms with E-state index in [2.05, 4.69) is 24.4 Å². The van der Waals surface area contributed by atoms with Crippen molar-refractivity contribution in [2.24, 2.45) is 0 Å². The van der Waals surface area contributed by atoms with Gasteiger partial charge >= 0.3 is 0 Å². The fourth-order valence-corrected chi connectivity index (χ4v) is 5.26. The molecule has 3 nitrogen and oxygen atoms in total. The second-order valence-corrected chi connectivity index (χ2v) is 8.63. The Bertz CT molecular complexity index is 734. The van der Waals surface area contributed by atoms with Gasteiger partial charge in [0.15, 0.2) is 9.84 Å². The lowest BCUT2D eigenvalue weighted by molar-refractivity contribution is 0.493. The maximum atomic E-state index is 12.1. The molecule has 0 spiro atoms. The Morgan fingerprint density at radius 3 is 2.71 bits per heavy atom. The van der Waals surface area contributed by atoms with Gasteiger partial charge in [0.2, 0.25) is 0 Å². The third-order valence-electron chi connectivity index (χ3n) is 3.89. The topological polar surface area (TPSA) is 46.2 Å². The molecule has 1 aromatic heterocycles. The highest BCUT2D eigenvalue weighted by Crippen LogP contribution is 2.32. The van der Waals surface area contributed by atoms with Gasteiger partial charge in [-0.05, 0) is 36.6 Å². The Labute approximate surface area is 129 Å². The van der Waals surface area contributed by atoms with E-state index < -0.39 is 9.84 Å². The molecule has 1 aromatic carbocycles. The van der Waals surface area contributed by atoms with Crippen molar-refractivity contribution in [2.75, 3.05) is 5.75 Å². The number of hydrogen-bond donors (Lipinski definition) is 1. The summed E-state index contributed by atoms with van der Waals surface area (Å²) in [5.41, 5.74) is 0.913. The summed E-state index contributed by atoms with van der Waals surface area (Å²) in [5, 5.41) is 3.52. The predicted octanol–water partition coefficient (Wildman–Crippen LogP) is 3.32. The van der Waals surface area contributed by atoms with Crippen LogP contribution in [0.4, 0.5) is 0 Å². The highest BCUT2D eigenvalue weighted by Gasteiger charge is 2.29. The van der Waals surface area contributed by atoms with Crippen LogP contribution in [-0.4, -0.2) is 14.2 Å². The van der Waals surface area contributed by atoms with Crippen LogP contribution in [0, 0.1) is 0 Å². The first-order chi connectivity index (χ1) is 10.1. The minimum atomic E-state index is -3.10. The fourth-order valence-electron chi connectivity index (χ4n) is 2.73. The summed E-state index contributed by atoms with van der Waals surface area (Å²) in [6.45, 7) is 2.95. The Balaban J connectivity index is 1.78. The Hall–Kier alpha value is -1.17. The van der Waals surface area contributed by atoms with Gasteiger partial charge < -0.3 is 5.32 Å². The van der Waals surface area contributed by atoms with Crippen LogP contribution in [0.2, 0.25) is 0 Å². The third kappa shape index (κ3) is 3.05. The first kappa shape index (κ1) is 14.8. The predicted molar refractivity (Wildman–Crippen MR) is 86.4 cm³/mol. The van der Waals surface area contributed by atoms with E-state index in [-0.39, 0.29) is 11.8 Å². The highest BCUT2D eigenvalue weighted by molar-refractivity contribution is 7.91. The number of thiophene rings is 1. The lowest BCUT2D eigenvalue weighted by Gasteiger charge is -2.26. The van der Waals surface area contributed by atoms with Gasteiger partial charge in [-0.1, -0.05) is 25.1 Å². The van der Waals surface area contributed by atoms with Crippen LogP contribution in [0.15, 0.2) is 41.3 Å². The molecule has 5 heteroatoms. The SMILES string of the molecule is CCc1ccc(CNC2CCS(=O)(=O)c3ccccc32)s1. The number of hydrogen-bond acceptors (Lipinski definition) is 4. The van der Waals surface area contributed by atoms with Crippen LogP contribution < -0.4 is 5.32 Å². The zero-order chi connectivity index (χ0) is 14.9. The summed E-state index contributed by atoms with van der Waals surface area (Å²) in [4.78, 5) is 3.19. The van der Waals surface area contributed by atoms with E-state index >= 15 is 0 Å². The van der Waals surface area contributed by atoms with Gasteiger partial charge in [-0.2, -0.15) is 0 Å². The molecule has 112 valence electrons. The normalized spacial score (nSPS) is 20.1. The number of sulfone groups is 1. The van der Waals surface area contributed by atoms with E-state index in [1.165, 1.54) is 9.75 Å². The molecule has 0 amide bonds. The zero-order valence-electron chi connectivity index (χ0n) is 12.0. The van der Waals surface area contributed by atoms with Crippen LogP contribution in [-0.2, 0) is 22.8 Å². The monoisotopic (exact) mass is 321 g/mol. The average molecular weight is 321 g/mol. The van der Waals surface area contributed by atoms with E-state index in [9.17, 15) is 8.42 Å². The molecule has 0 aliphatic carbocycles. The summed E-state index contributed by atoms with van der Waals surface area (Å²) < 4.78 is 24.2. The number of aryl methyl sites for hydroxylation is 1. The van der Waals surface area contributed by atoms with Crippen molar-refractivity contribution in [2.45, 2.75) is 37.2 Å². The molecule has 1 aliphatic heterocycles. The molecule has 1 aliphatic rings. The first-order valence-electron chi connectivity index (χ1n) is 7.23. The molecule has 0 saturated carbocycles. The van der Waals surface area contributed by atoms with Gasteiger partial charge in [-0.15, -0.1) is 11.3 Å². The quantitative estimate of drug-likeness (QED) is 0.939. The zero-order valence-corrected chi connectivity index (χ0v) is 13.6. The molecule has 1 N–H and O–H groups in total. The summed E-state index contributed by atoms with van der Waals surface area (Å²) in [5.74, 6) is 0.229. The van der Waals surface area contributed by atoms with Crippen molar-refractivity contribution < 1.29 is 8.42 Å². The summed E-state index contributed by atoms with van der Waals surface area (Å²) in [6.07, 6.45) is 1.71. The molecule has 0 fully saturated rings. The third-order valence-corrected chi connectivity index (χ3v) is 6.94. The van der Waals surface area contributed by atoms with Gasteiger partial charge in [-0.3, -0.25) is 0 Å². The summed E-state index contributed by atoms with van der Waals surface area (Å²) >= 11 is 1.82. The van der Waals surface area contributed by atoms with E-state index in [4.69, 9.17) is 0 Å². The molecular weight excluding hydrogens is 302 g/mol. The van der Waals surface area contributed by atoms with E-state index in [0.717, 1.165) is 18.5 Å². The summed E-state index contributed by atoms with van der Waals surface area (Å²) in [6, 6.07) is 11.8. The van der Waals surface area contributed by atoms with Crippen molar-refractivity contribution in [3.8, 4) is 0 Å². The smallest absolute Gasteiger partial charge is 0.178 e. The standard InChI is InChI=1S/C16H19NO2S2/c1-2-12-7-8-13(20-12)11-17-15-9-10-21(18,19)16-6-4-3-5-14(15)16/h3-8,15,17H,2,9-11H2,1H3. The molecule has 2 heterocycles. The Morgan fingerprint density at radius 2 is 1.95 bits per heavy atom. The van der Waals surface area contributed by atoms with Crippen molar-refractivity contribution in [3.05, 3.63) is 51.7 Å². The molecule has 21 heavy (non-hydrogen) atoms. The van der Waals surface area contributed by atoms with Crippen molar-refractivity contribution in [3.63, 3.8) is 0 Å². The second-order valence-electron chi connectivity index (χ2n) is 5.30. The molecule has 0 radical (unpaired) electrons. The van der Waals surface area contributed by atoms with E-state index in [0.29, 0.717) is 11.3 Å².